The highest BCUT2D eigenvalue weighted by Crippen LogP contribution is 2.50. The van der Waals surface area contributed by atoms with E-state index in [2.05, 4.69) is 24.5 Å². The van der Waals surface area contributed by atoms with Crippen LogP contribution in [0.5, 0.6) is 0 Å². The van der Waals surface area contributed by atoms with Gasteiger partial charge < -0.3 is 10.6 Å². The van der Waals surface area contributed by atoms with Crippen molar-refractivity contribution in [1.29, 1.82) is 0 Å². The molecule has 1 heterocycles. The van der Waals surface area contributed by atoms with Crippen LogP contribution in [-0.2, 0) is 14.6 Å². The fraction of sp³-hybridized carbons (Fsp3) is 0.933. The van der Waals surface area contributed by atoms with Gasteiger partial charge in [-0.25, -0.2) is 8.42 Å². The molecule has 0 aromatic rings. The lowest BCUT2D eigenvalue weighted by atomic mass is 9.92. The minimum absolute atomic E-state index is 0. The van der Waals surface area contributed by atoms with Gasteiger partial charge in [-0.05, 0) is 56.5 Å². The molecule has 0 aromatic heterocycles. The Balaban J connectivity index is 0.00000242. The van der Waals surface area contributed by atoms with Gasteiger partial charge in [0.15, 0.2) is 14.6 Å². The number of amides is 1. The summed E-state index contributed by atoms with van der Waals surface area (Å²) >= 11 is 0. The molecule has 0 bridgehead atoms. The van der Waals surface area contributed by atoms with Crippen molar-refractivity contribution in [2.24, 2.45) is 11.3 Å². The Kier molecular flexibility index (Phi) is 6.32. The van der Waals surface area contributed by atoms with Crippen LogP contribution in [0.15, 0.2) is 0 Å². The molecule has 0 aromatic carbocycles. The number of hydrogen-bond acceptors (Lipinski definition) is 4. The van der Waals surface area contributed by atoms with Crippen molar-refractivity contribution in [1.82, 2.24) is 10.6 Å². The van der Waals surface area contributed by atoms with Gasteiger partial charge in [-0.15, -0.1) is 12.4 Å². The summed E-state index contributed by atoms with van der Waals surface area (Å²) in [5.74, 6) is 0.314. The van der Waals surface area contributed by atoms with Crippen molar-refractivity contribution in [2.75, 3.05) is 25.9 Å². The van der Waals surface area contributed by atoms with Gasteiger partial charge in [0.05, 0.1) is 0 Å². The summed E-state index contributed by atoms with van der Waals surface area (Å²) in [4.78, 5) is 12.6. The predicted octanol–water partition coefficient (Wildman–Crippen LogP) is 1.52. The van der Waals surface area contributed by atoms with Crippen LogP contribution in [0, 0.1) is 11.3 Å². The second kappa shape index (κ2) is 7.05. The highest BCUT2D eigenvalue weighted by atomic mass is 35.5. The Hall–Kier alpha value is -0.330. The molecule has 2 N–H and O–H groups in total. The van der Waals surface area contributed by atoms with Crippen LogP contribution >= 0.6 is 12.4 Å². The number of piperidine rings is 1. The van der Waals surface area contributed by atoms with Gasteiger partial charge >= 0.3 is 0 Å². The van der Waals surface area contributed by atoms with E-state index in [9.17, 15) is 13.2 Å². The quantitative estimate of drug-likeness (QED) is 0.760. The van der Waals surface area contributed by atoms with E-state index in [4.69, 9.17) is 0 Å². The summed E-state index contributed by atoms with van der Waals surface area (Å²) in [6.45, 7) is 6.16. The maximum atomic E-state index is 12.6. The third-order valence-electron chi connectivity index (χ3n) is 4.96. The largest absolute Gasteiger partial charge is 0.354 e. The number of nitrogens with one attached hydrogen (secondary N) is 2. The molecule has 130 valence electrons. The van der Waals surface area contributed by atoms with E-state index in [0.717, 1.165) is 19.3 Å². The Morgan fingerprint density at radius 2 is 1.73 bits per heavy atom. The number of carbonyl (C=O) groups excluding carboxylic acids is 1. The molecular weight excluding hydrogens is 324 g/mol. The maximum absolute atomic E-state index is 12.6. The van der Waals surface area contributed by atoms with Crippen molar-refractivity contribution < 1.29 is 13.2 Å². The number of rotatable bonds is 6. The molecule has 2 fully saturated rings. The predicted molar refractivity (Wildman–Crippen MR) is 91.1 cm³/mol. The Labute approximate surface area is 140 Å². The van der Waals surface area contributed by atoms with Gasteiger partial charge in [-0.1, -0.05) is 13.8 Å². The molecule has 0 unspecified atom stereocenters. The highest BCUT2D eigenvalue weighted by molar-refractivity contribution is 7.92. The van der Waals surface area contributed by atoms with E-state index >= 15 is 0 Å². The van der Waals surface area contributed by atoms with E-state index in [0.29, 0.717) is 38.4 Å². The molecular formula is C15H29ClN2O3S. The highest BCUT2D eigenvalue weighted by Gasteiger charge is 2.50. The van der Waals surface area contributed by atoms with E-state index in [1.807, 2.05) is 0 Å². The average Bonchev–Trinajstić information content (AvgIpc) is 3.15. The summed E-state index contributed by atoms with van der Waals surface area (Å²) in [6, 6.07) is 0. The summed E-state index contributed by atoms with van der Waals surface area (Å²) in [5.41, 5.74) is 0.218. The molecule has 2 rings (SSSR count). The summed E-state index contributed by atoms with van der Waals surface area (Å²) in [7, 11) is -3.41. The van der Waals surface area contributed by atoms with Gasteiger partial charge in [0, 0.05) is 12.8 Å². The van der Waals surface area contributed by atoms with Crippen molar-refractivity contribution in [3.63, 3.8) is 0 Å². The molecule has 5 nitrogen and oxygen atoms in total. The molecule has 1 amide bonds. The zero-order chi connectivity index (χ0) is 15.7. The first-order valence-electron chi connectivity index (χ1n) is 7.89. The SMILES string of the molecule is CC(C)CC1(CNC(=O)C2(S(C)(=O)=O)CCNCC2)CC1.Cl. The first-order chi connectivity index (χ1) is 9.71. The molecule has 2 aliphatic rings. The molecule has 0 atom stereocenters. The van der Waals surface area contributed by atoms with Crippen LogP contribution in [0.2, 0.25) is 0 Å². The first kappa shape index (κ1) is 19.7. The van der Waals surface area contributed by atoms with E-state index < -0.39 is 14.6 Å². The molecule has 1 aliphatic heterocycles. The number of hydrogen-bond donors (Lipinski definition) is 2. The van der Waals surface area contributed by atoms with E-state index in [1.165, 1.54) is 6.26 Å². The van der Waals surface area contributed by atoms with Crippen LogP contribution in [0.1, 0.15) is 46.0 Å². The number of halogens is 1. The lowest BCUT2D eigenvalue weighted by molar-refractivity contribution is -0.124. The van der Waals surface area contributed by atoms with Crippen LogP contribution in [0.25, 0.3) is 0 Å². The lowest BCUT2D eigenvalue weighted by Gasteiger charge is -2.35. The smallest absolute Gasteiger partial charge is 0.241 e. The minimum atomic E-state index is -3.41. The Morgan fingerprint density at radius 1 is 1.18 bits per heavy atom. The van der Waals surface area contributed by atoms with Crippen LogP contribution < -0.4 is 10.6 Å². The summed E-state index contributed by atoms with van der Waals surface area (Å²) < 4.78 is 23.1. The zero-order valence-electron chi connectivity index (χ0n) is 13.8. The second-order valence-electron chi connectivity index (χ2n) is 7.30. The van der Waals surface area contributed by atoms with Gasteiger partial charge in [0.2, 0.25) is 5.91 Å². The van der Waals surface area contributed by atoms with E-state index in [1.54, 1.807) is 0 Å². The third-order valence-corrected chi connectivity index (χ3v) is 6.97. The lowest BCUT2D eigenvalue weighted by Crippen LogP contribution is -2.57. The third kappa shape index (κ3) is 4.15. The van der Waals surface area contributed by atoms with Gasteiger partial charge in [0.1, 0.15) is 0 Å². The van der Waals surface area contributed by atoms with Gasteiger partial charge in [-0.3, -0.25) is 4.79 Å². The summed E-state index contributed by atoms with van der Waals surface area (Å²) in [5, 5.41) is 6.09. The fourth-order valence-corrected chi connectivity index (χ4v) is 4.88. The standard InChI is InChI=1S/C15H28N2O3S.ClH/c1-12(2)10-14(4-5-14)11-17-13(18)15(21(3,19)20)6-8-16-9-7-15;/h12,16H,4-11H2,1-3H3,(H,17,18);1H. The van der Waals surface area contributed by atoms with Gasteiger partial charge in [0.25, 0.3) is 0 Å². The molecule has 1 aliphatic carbocycles. The van der Waals surface area contributed by atoms with Crippen LogP contribution in [-0.4, -0.2) is 45.0 Å². The van der Waals surface area contributed by atoms with Gasteiger partial charge in [-0.2, -0.15) is 0 Å². The Bertz CT molecular complexity index is 495. The monoisotopic (exact) mass is 352 g/mol. The van der Waals surface area contributed by atoms with Crippen LogP contribution in [0.4, 0.5) is 0 Å². The number of carbonyl (C=O) groups is 1. The summed E-state index contributed by atoms with van der Waals surface area (Å²) in [6.07, 6.45) is 5.31. The average molecular weight is 353 g/mol. The van der Waals surface area contributed by atoms with Crippen LogP contribution in [0.3, 0.4) is 0 Å². The molecule has 7 heteroatoms. The zero-order valence-corrected chi connectivity index (χ0v) is 15.4. The topological polar surface area (TPSA) is 75.3 Å². The van der Waals surface area contributed by atoms with Crippen molar-refractivity contribution >= 4 is 28.2 Å². The molecule has 1 saturated heterocycles. The Morgan fingerprint density at radius 3 is 2.14 bits per heavy atom. The van der Waals surface area contributed by atoms with Crippen molar-refractivity contribution in [3.8, 4) is 0 Å². The molecule has 1 saturated carbocycles. The molecule has 0 spiro atoms. The van der Waals surface area contributed by atoms with E-state index in [-0.39, 0.29) is 23.7 Å². The van der Waals surface area contributed by atoms with Crippen molar-refractivity contribution in [2.45, 2.75) is 50.7 Å². The first-order valence-corrected chi connectivity index (χ1v) is 9.79. The normalized spacial score (nSPS) is 22.7. The van der Waals surface area contributed by atoms with Crippen molar-refractivity contribution in [3.05, 3.63) is 0 Å². The minimum Gasteiger partial charge on any atom is -0.354 e. The fourth-order valence-electron chi connectivity index (χ4n) is 3.52. The maximum Gasteiger partial charge on any atom is 0.241 e. The second-order valence-corrected chi connectivity index (χ2v) is 9.62. The molecule has 22 heavy (non-hydrogen) atoms. The number of sulfone groups is 1. The molecule has 0 radical (unpaired) electrons.